The van der Waals surface area contributed by atoms with Gasteiger partial charge in [-0.25, -0.2) is 4.98 Å². The average Bonchev–Trinajstić information content (AvgIpc) is 2.94. The molecule has 0 saturated carbocycles. The number of anilines is 6. The molecule has 4 N–H and O–H groups in total. The highest BCUT2D eigenvalue weighted by Gasteiger charge is 2.33. The molecule has 4 rings (SSSR count). The number of carbonyl (C=O) groups is 2. The number of benzene rings is 2. The molecule has 2 heterocycles. The maximum Gasteiger partial charge on any atom is 0.573 e. The lowest BCUT2D eigenvalue weighted by Gasteiger charge is -2.36. The predicted molar refractivity (Wildman–Crippen MR) is 148 cm³/mol. The molecule has 0 spiro atoms. The van der Waals surface area contributed by atoms with Crippen LogP contribution in [0.5, 0.6) is 5.75 Å². The monoisotopic (exact) mass is 571 g/mol. The van der Waals surface area contributed by atoms with Crippen molar-refractivity contribution in [3.8, 4) is 5.75 Å². The first-order valence-electron chi connectivity index (χ1n) is 12.5. The molecule has 1 aliphatic heterocycles. The molecule has 0 bridgehead atoms. The highest BCUT2D eigenvalue weighted by molar-refractivity contribution is 5.99. The summed E-state index contributed by atoms with van der Waals surface area (Å²) in [5.41, 5.74) is 2.26. The number of aliphatic hydroxyl groups excluding tert-OH is 1. The van der Waals surface area contributed by atoms with Gasteiger partial charge in [-0.2, -0.15) is 4.98 Å². The lowest BCUT2D eigenvalue weighted by molar-refractivity contribution is -0.274. The molecule has 0 unspecified atom stereocenters. The molecule has 2 aromatic carbocycles. The number of nitrogens with one attached hydrogen (secondary N) is 3. The van der Waals surface area contributed by atoms with Crippen LogP contribution in [0.3, 0.4) is 0 Å². The summed E-state index contributed by atoms with van der Waals surface area (Å²) < 4.78 is 44.2. The maximum atomic E-state index is 13.3. The van der Waals surface area contributed by atoms with Gasteiger partial charge in [0.25, 0.3) is 0 Å². The summed E-state index contributed by atoms with van der Waals surface area (Å²) in [5.74, 6) is -0.837. The third-order valence-corrected chi connectivity index (χ3v) is 6.12. The molecule has 1 fully saturated rings. The Hall–Kier alpha value is -4.85. The van der Waals surface area contributed by atoms with E-state index in [0.717, 1.165) is 6.08 Å². The van der Waals surface area contributed by atoms with Crippen molar-refractivity contribution in [2.24, 2.45) is 0 Å². The van der Waals surface area contributed by atoms with Crippen LogP contribution in [0.4, 0.5) is 47.7 Å². The number of aliphatic hydroxyl groups is 1. The first-order valence-corrected chi connectivity index (χ1v) is 12.5. The number of aryl methyl sites for hydroxylation is 1. The molecule has 11 nitrogen and oxygen atoms in total. The summed E-state index contributed by atoms with van der Waals surface area (Å²) in [4.78, 5) is 35.3. The Labute approximate surface area is 233 Å². The second-order valence-electron chi connectivity index (χ2n) is 9.00. The van der Waals surface area contributed by atoms with Crippen LogP contribution in [-0.2, 0) is 9.59 Å². The van der Waals surface area contributed by atoms with E-state index in [1.54, 1.807) is 37.3 Å². The van der Waals surface area contributed by atoms with Crippen LogP contribution in [0.2, 0.25) is 0 Å². The number of hydrogen-bond donors (Lipinski definition) is 4. The van der Waals surface area contributed by atoms with E-state index in [0.29, 0.717) is 54.6 Å². The van der Waals surface area contributed by atoms with Crippen LogP contribution in [-0.4, -0.2) is 70.9 Å². The Kier molecular flexibility index (Phi) is 8.92. The van der Waals surface area contributed by atoms with Crippen molar-refractivity contribution in [3.05, 3.63) is 66.9 Å². The van der Waals surface area contributed by atoms with Crippen molar-refractivity contribution in [1.29, 1.82) is 0 Å². The second kappa shape index (κ2) is 12.6. The summed E-state index contributed by atoms with van der Waals surface area (Å²) in [6, 6.07) is 11.2. The van der Waals surface area contributed by atoms with Crippen LogP contribution >= 0.6 is 0 Å². The number of halogens is 3. The fraction of sp³-hybridized carbons (Fsp3) is 0.259. The van der Waals surface area contributed by atoms with Gasteiger partial charge in [-0.05, 0) is 43.3 Å². The van der Waals surface area contributed by atoms with Gasteiger partial charge >= 0.3 is 6.36 Å². The number of carbonyl (C=O) groups excluding carboxylic acids is 2. The van der Waals surface area contributed by atoms with E-state index in [2.05, 4.69) is 37.2 Å². The number of amides is 2. The summed E-state index contributed by atoms with van der Waals surface area (Å²) in [5, 5.41) is 17.6. The third-order valence-electron chi connectivity index (χ3n) is 6.12. The minimum Gasteiger partial charge on any atom is -0.403 e. The van der Waals surface area contributed by atoms with Crippen molar-refractivity contribution in [2.45, 2.75) is 13.3 Å². The fourth-order valence-electron chi connectivity index (χ4n) is 4.09. The normalized spacial score (nSPS) is 13.4. The summed E-state index contributed by atoms with van der Waals surface area (Å²) >= 11 is 0. The van der Waals surface area contributed by atoms with E-state index in [4.69, 9.17) is 5.11 Å². The zero-order valence-electron chi connectivity index (χ0n) is 22.0. The molecular weight excluding hydrogens is 543 g/mol. The average molecular weight is 572 g/mol. The van der Waals surface area contributed by atoms with E-state index >= 15 is 0 Å². The summed E-state index contributed by atoms with van der Waals surface area (Å²) in [6.45, 7) is 5.98. The lowest BCUT2D eigenvalue weighted by Crippen LogP contribution is -2.49. The maximum absolute atomic E-state index is 13.3. The molecule has 2 amide bonds. The number of piperazine rings is 1. The number of aromatic nitrogens is 2. The van der Waals surface area contributed by atoms with Gasteiger partial charge in [0.05, 0.1) is 5.69 Å². The molecule has 1 aromatic heterocycles. The largest absolute Gasteiger partial charge is 0.573 e. The zero-order valence-corrected chi connectivity index (χ0v) is 22.0. The Morgan fingerprint density at radius 1 is 1.10 bits per heavy atom. The Balaban J connectivity index is 1.54. The van der Waals surface area contributed by atoms with E-state index in [1.165, 1.54) is 23.2 Å². The molecule has 0 aliphatic carbocycles. The Morgan fingerprint density at radius 3 is 2.51 bits per heavy atom. The molecule has 1 saturated heterocycles. The number of alkyl halides is 3. The highest BCUT2D eigenvalue weighted by Crippen LogP contribution is 2.36. The van der Waals surface area contributed by atoms with Crippen LogP contribution in [0.15, 0.2) is 61.3 Å². The fourth-order valence-corrected chi connectivity index (χ4v) is 4.09. The lowest BCUT2D eigenvalue weighted by atomic mass is 10.2. The Bertz CT molecular complexity index is 1430. The summed E-state index contributed by atoms with van der Waals surface area (Å²) in [7, 11) is 0. The van der Waals surface area contributed by atoms with Crippen molar-refractivity contribution < 1.29 is 32.6 Å². The zero-order chi connectivity index (χ0) is 29.6. The highest BCUT2D eigenvalue weighted by atomic mass is 19.4. The standard InChI is InChI=1S/C27H28F3N7O4/c1-3-23(39)32-18-5-4-6-19(13-18)33-25-17(2)15-31-26(35-25)34-21-8-7-20(14-22(21)41-27(28,29)30)36-9-11-37(12-10-36)24(40)16-38/h3-8,13-15,38H,1,9-12,16H2,2H3,(H,32,39)(H2,31,33,34,35). The summed E-state index contributed by atoms with van der Waals surface area (Å²) in [6.07, 6.45) is -2.29. The van der Waals surface area contributed by atoms with Crippen LogP contribution < -0.4 is 25.6 Å². The number of nitrogens with zero attached hydrogens (tertiary/aromatic N) is 4. The number of hydrogen-bond acceptors (Lipinski definition) is 9. The van der Waals surface area contributed by atoms with Gasteiger partial charge in [-0.15, -0.1) is 13.2 Å². The van der Waals surface area contributed by atoms with E-state index < -0.39 is 24.6 Å². The van der Waals surface area contributed by atoms with Gasteiger partial charge in [-0.3, -0.25) is 9.59 Å². The minimum atomic E-state index is -4.95. The predicted octanol–water partition coefficient (Wildman–Crippen LogP) is 3.94. The minimum absolute atomic E-state index is 0.0101. The second-order valence-corrected chi connectivity index (χ2v) is 9.00. The SMILES string of the molecule is C=CC(=O)Nc1cccc(Nc2nc(Nc3ccc(N4CCN(C(=O)CO)CC4)cc3OC(F)(F)F)ncc2C)c1. The van der Waals surface area contributed by atoms with Crippen molar-refractivity contribution in [3.63, 3.8) is 0 Å². The third kappa shape index (κ3) is 7.85. The molecule has 14 heteroatoms. The van der Waals surface area contributed by atoms with E-state index in [1.807, 2.05) is 4.90 Å². The van der Waals surface area contributed by atoms with Crippen molar-refractivity contribution >= 4 is 46.3 Å². The van der Waals surface area contributed by atoms with Crippen LogP contribution in [0.1, 0.15) is 5.56 Å². The van der Waals surface area contributed by atoms with Crippen molar-refractivity contribution in [2.75, 3.05) is 53.6 Å². The molecule has 0 radical (unpaired) electrons. The van der Waals surface area contributed by atoms with Gasteiger partial charge in [0.2, 0.25) is 17.8 Å². The molecular formula is C27H28F3N7O4. The van der Waals surface area contributed by atoms with Gasteiger partial charge < -0.3 is 35.6 Å². The van der Waals surface area contributed by atoms with Gasteiger partial charge in [0, 0.05) is 61.1 Å². The first-order chi connectivity index (χ1) is 19.5. The van der Waals surface area contributed by atoms with Gasteiger partial charge in [0.1, 0.15) is 12.4 Å². The quantitative estimate of drug-likeness (QED) is 0.282. The van der Waals surface area contributed by atoms with E-state index in [-0.39, 0.29) is 17.5 Å². The smallest absolute Gasteiger partial charge is 0.403 e. The molecule has 3 aromatic rings. The van der Waals surface area contributed by atoms with Crippen LogP contribution in [0, 0.1) is 6.92 Å². The number of rotatable bonds is 9. The molecule has 41 heavy (non-hydrogen) atoms. The topological polar surface area (TPSA) is 132 Å². The first kappa shape index (κ1) is 29.1. The Morgan fingerprint density at radius 2 is 1.83 bits per heavy atom. The van der Waals surface area contributed by atoms with Gasteiger partial charge in [-0.1, -0.05) is 12.6 Å². The van der Waals surface area contributed by atoms with Crippen molar-refractivity contribution in [1.82, 2.24) is 14.9 Å². The van der Waals surface area contributed by atoms with Crippen LogP contribution in [0.25, 0.3) is 0 Å². The molecule has 216 valence electrons. The van der Waals surface area contributed by atoms with E-state index in [9.17, 15) is 22.8 Å². The molecule has 1 aliphatic rings. The van der Waals surface area contributed by atoms with Gasteiger partial charge in [0.15, 0.2) is 5.75 Å². The number of ether oxygens (including phenoxy) is 1. The molecule has 0 atom stereocenters.